The van der Waals surface area contributed by atoms with Gasteiger partial charge in [-0.3, -0.25) is 4.79 Å². The van der Waals surface area contributed by atoms with Crippen molar-refractivity contribution in [2.75, 3.05) is 18.4 Å². The maximum Gasteiger partial charge on any atom is 0.244 e. The number of carbonyl (C=O) groups excluding carboxylic acids is 1. The van der Waals surface area contributed by atoms with E-state index in [4.69, 9.17) is 4.42 Å². The number of carbonyl (C=O) groups is 1. The van der Waals surface area contributed by atoms with Crippen LogP contribution in [0, 0.1) is 0 Å². The van der Waals surface area contributed by atoms with Gasteiger partial charge in [0.2, 0.25) is 5.91 Å². The minimum absolute atomic E-state index is 0.145. The van der Waals surface area contributed by atoms with Crippen LogP contribution < -0.4 is 10.6 Å². The van der Waals surface area contributed by atoms with E-state index in [1.807, 2.05) is 6.07 Å². The summed E-state index contributed by atoms with van der Waals surface area (Å²) in [4.78, 5) is 16.5. The molecular formula is C21H18BrN5O3. The fraction of sp³-hybridized carbons (Fsp3) is 0.0952. The van der Waals surface area contributed by atoms with Gasteiger partial charge in [0.25, 0.3) is 0 Å². The number of para-hydroxylation sites is 1. The van der Waals surface area contributed by atoms with E-state index in [1.54, 1.807) is 59.4 Å². The van der Waals surface area contributed by atoms with E-state index in [-0.39, 0.29) is 11.7 Å². The number of furan rings is 1. The highest BCUT2D eigenvalue weighted by Gasteiger charge is 2.13. The molecule has 3 heterocycles. The standard InChI is InChI=1S/C21H18BrN5O3/c22-16-13-25-27-19(12-17(26-21(16)27)15-5-1-2-6-18(15)28)23-9-10-24-20(29)8-7-14-4-3-11-30-14/h1-8,11-13,23,28H,9-10H2,(H,24,29)/b8-7+. The van der Waals surface area contributed by atoms with Crippen LogP contribution >= 0.6 is 15.9 Å². The second-order valence-electron chi connectivity index (χ2n) is 6.34. The number of benzene rings is 1. The van der Waals surface area contributed by atoms with Gasteiger partial charge in [-0.2, -0.15) is 9.61 Å². The molecule has 3 aromatic heterocycles. The summed E-state index contributed by atoms with van der Waals surface area (Å²) in [6.07, 6.45) is 6.23. The Morgan fingerprint density at radius 1 is 1.23 bits per heavy atom. The molecule has 4 rings (SSSR count). The van der Waals surface area contributed by atoms with E-state index in [0.717, 1.165) is 4.47 Å². The van der Waals surface area contributed by atoms with Crippen LogP contribution in [-0.2, 0) is 4.79 Å². The second kappa shape index (κ2) is 8.83. The topological polar surface area (TPSA) is 105 Å². The van der Waals surface area contributed by atoms with Crippen molar-refractivity contribution >= 4 is 39.4 Å². The van der Waals surface area contributed by atoms with Crippen molar-refractivity contribution in [3.63, 3.8) is 0 Å². The van der Waals surface area contributed by atoms with Gasteiger partial charge >= 0.3 is 0 Å². The van der Waals surface area contributed by atoms with E-state index in [0.29, 0.717) is 41.6 Å². The fourth-order valence-electron chi connectivity index (χ4n) is 2.87. The SMILES string of the molecule is O=C(/C=C/c1ccco1)NCCNc1cc(-c2ccccc2O)nc2c(Br)cnn12. The third-order valence-electron chi connectivity index (χ3n) is 4.28. The van der Waals surface area contributed by atoms with Crippen molar-refractivity contribution in [3.05, 3.63) is 71.2 Å². The molecule has 9 heteroatoms. The second-order valence-corrected chi connectivity index (χ2v) is 7.19. The molecule has 152 valence electrons. The van der Waals surface area contributed by atoms with Crippen molar-refractivity contribution in [3.8, 4) is 17.0 Å². The lowest BCUT2D eigenvalue weighted by molar-refractivity contribution is -0.116. The van der Waals surface area contributed by atoms with Crippen LogP contribution in [0.25, 0.3) is 23.0 Å². The predicted octanol–water partition coefficient (Wildman–Crippen LogP) is 3.70. The van der Waals surface area contributed by atoms with Crippen LogP contribution in [0.4, 0.5) is 5.82 Å². The first-order valence-corrected chi connectivity index (χ1v) is 9.97. The fourth-order valence-corrected chi connectivity index (χ4v) is 3.22. The Balaban J connectivity index is 1.46. The molecule has 0 radical (unpaired) electrons. The Labute approximate surface area is 180 Å². The molecule has 0 saturated carbocycles. The van der Waals surface area contributed by atoms with E-state index >= 15 is 0 Å². The van der Waals surface area contributed by atoms with Crippen LogP contribution in [0.1, 0.15) is 5.76 Å². The van der Waals surface area contributed by atoms with Crippen LogP contribution in [0.2, 0.25) is 0 Å². The number of hydrogen-bond donors (Lipinski definition) is 3. The van der Waals surface area contributed by atoms with E-state index in [1.165, 1.54) is 6.08 Å². The molecule has 4 aromatic rings. The largest absolute Gasteiger partial charge is 0.507 e. The van der Waals surface area contributed by atoms with Gasteiger partial charge in [-0.15, -0.1) is 0 Å². The molecule has 3 N–H and O–H groups in total. The summed E-state index contributed by atoms with van der Waals surface area (Å²) < 4.78 is 7.54. The number of phenols is 1. The number of rotatable bonds is 7. The highest BCUT2D eigenvalue weighted by molar-refractivity contribution is 9.10. The Morgan fingerprint density at radius 3 is 2.90 bits per heavy atom. The number of aromatic nitrogens is 3. The number of amides is 1. The number of halogens is 1. The monoisotopic (exact) mass is 467 g/mol. The van der Waals surface area contributed by atoms with Gasteiger partial charge in [-0.1, -0.05) is 12.1 Å². The lowest BCUT2D eigenvalue weighted by atomic mass is 10.1. The lowest BCUT2D eigenvalue weighted by Crippen LogP contribution is -2.27. The van der Waals surface area contributed by atoms with Crippen molar-refractivity contribution in [2.24, 2.45) is 0 Å². The molecule has 0 atom stereocenters. The summed E-state index contributed by atoms with van der Waals surface area (Å²) in [5.74, 6) is 1.23. The molecule has 0 spiro atoms. The minimum atomic E-state index is -0.218. The molecule has 1 amide bonds. The smallest absolute Gasteiger partial charge is 0.244 e. The molecule has 0 aliphatic heterocycles. The van der Waals surface area contributed by atoms with Gasteiger partial charge in [0, 0.05) is 30.8 Å². The molecule has 0 saturated heterocycles. The molecule has 0 bridgehead atoms. The zero-order valence-corrected chi connectivity index (χ0v) is 17.3. The number of nitrogens with one attached hydrogen (secondary N) is 2. The van der Waals surface area contributed by atoms with Crippen LogP contribution in [-0.4, -0.2) is 38.7 Å². The number of phenolic OH excluding ortho intramolecular Hbond substituents is 1. The van der Waals surface area contributed by atoms with Gasteiger partial charge in [-0.25, -0.2) is 4.98 Å². The molecule has 1 aromatic carbocycles. The average Bonchev–Trinajstić information content (AvgIpc) is 3.40. The number of fused-ring (bicyclic) bond motifs is 1. The highest BCUT2D eigenvalue weighted by atomic mass is 79.9. The van der Waals surface area contributed by atoms with Crippen molar-refractivity contribution < 1.29 is 14.3 Å². The van der Waals surface area contributed by atoms with Gasteiger partial charge in [0.15, 0.2) is 5.65 Å². The van der Waals surface area contributed by atoms with Crippen molar-refractivity contribution in [2.45, 2.75) is 0 Å². The van der Waals surface area contributed by atoms with Gasteiger partial charge < -0.3 is 20.2 Å². The zero-order valence-electron chi connectivity index (χ0n) is 15.7. The Kier molecular flexibility index (Phi) is 5.80. The third kappa shape index (κ3) is 4.36. The maximum absolute atomic E-state index is 11.9. The molecular weight excluding hydrogens is 450 g/mol. The third-order valence-corrected chi connectivity index (χ3v) is 4.84. The van der Waals surface area contributed by atoms with Gasteiger partial charge in [0.05, 0.1) is 22.6 Å². The Morgan fingerprint density at radius 2 is 2.10 bits per heavy atom. The highest BCUT2D eigenvalue weighted by Crippen LogP contribution is 2.30. The number of hydrogen-bond acceptors (Lipinski definition) is 6. The number of nitrogens with zero attached hydrogens (tertiary/aromatic N) is 3. The van der Waals surface area contributed by atoms with E-state index in [2.05, 4.69) is 36.6 Å². The van der Waals surface area contributed by atoms with Crippen molar-refractivity contribution in [1.82, 2.24) is 19.9 Å². The molecule has 0 unspecified atom stereocenters. The summed E-state index contributed by atoms with van der Waals surface area (Å²) in [5, 5.41) is 20.6. The average molecular weight is 468 g/mol. The first kappa shape index (κ1) is 19.7. The summed E-state index contributed by atoms with van der Waals surface area (Å²) in [5.41, 5.74) is 1.84. The lowest BCUT2D eigenvalue weighted by Gasteiger charge is -2.11. The van der Waals surface area contributed by atoms with Crippen LogP contribution in [0.3, 0.4) is 0 Å². The van der Waals surface area contributed by atoms with E-state index in [9.17, 15) is 9.90 Å². The predicted molar refractivity (Wildman–Crippen MR) is 117 cm³/mol. The van der Waals surface area contributed by atoms with Crippen LogP contribution in [0.5, 0.6) is 5.75 Å². The molecule has 30 heavy (non-hydrogen) atoms. The molecule has 0 aliphatic rings. The zero-order chi connectivity index (χ0) is 20.9. The first-order chi connectivity index (χ1) is 14.6. The normalized spacial score (nSPS) is 11.2. The van der Waals surface area contributed by atoms with E-state index < -0.39 is 0 Å². The minimum Gasteiger partial charge on any atom is -0.507 e. The maximum atomic E-state index is 11.9. The van der Waals surface area contributed by atoms with Crippen LogP contribution in [0.15, 0.2) is 69.9 Å². The summed E-state index contributed by atoms with van der Waals surface area (Å²) in [6, 6.07) is 12.3. The number of anilines is 1. The summed E-state index contributed by atoms with van der Waals surface area (Å²) >= 11 is 3.45. The van der Waals surface area contributed by atoms with Gasteiger partial charge in [0.1, 0.15) is 17.3 Å². The van der Waals surface area contributed by atoms with Crippen molar-refractivity contribution in [1.29, 1.82) is 0 Å². The first-order valence-electron chi connectivity index (χ1n) is 9.18. The molecule has 0 fully saturated rings. The number of aromatic hydroxyl groups is 1. The van der Waals surface area contributed by atoms with Gasteiger partial charge in [-0.05, 0) is 46.3 Å². The molecule has 0 aliphatic carbocycles. The Bertz CT molecular complexity index is 1200. The summed E-state index contributed by atoms with van der Waals surface area (Å²) in [6.45, 7) is 0.872. The summed E-state index contributed by atoms with van der Waals surface area (Å²) in [7, 11) is 0. The Hall–Kier alpha value is -3.59. The molecule has 8 nitrogen and oxygen atoms in total. The quantitative estimate of drug-likeness (QED) is 0.282.